The normalized spacial score (nSPS) is 12.8. The van der Waals surface area contributed by atoms with Crippen molar-refractivity contribution >= 4 is 41.0 Å². The van der Waals surface area contributed by atoms with Gasteiger partial charge in [0.25, 0.3) is 0 Å². The molecule has 1 unspecified atom stereocenters. The van der Waals surface area contributed by atoms with Gasteiger partial charge >= 0.3 is 0 Å². The summed E-state index contributed by atoms with van der Waals surface area (Å²) in [5.41, 5.74) is 1.59. The number of aromatic nitrogens is 2. The zero-order valence-electron chi connectivity index (χ0n) is 10.0. The second-order valence-corrected chi connectivity index (χ2v) is 5.06. The predicted octanol–water partition coefficient (Wildman–Crippen LogP) is 4.27. The van der Waals surface area contributed by atoms with Crippen molar-refractivity contribution in [3.63, 3.8) is 0 Å². The van der Waals surface area contributed by atoms with E-state index < -0.39 is 0 Å². The highest BCUT2D eigenvalue weighted by Crippen LogP contribution is 2.30. The van der Waals surface area contributed by atoms with Crippen LogP contribution in [0.5, 0.6) is 0 Å². The molecule has 0 aliphatic heterocycles. The Kier molecular flexibility index (Phi) is 4.75. The van der Waals surface area contributed by atoms with Gasteiger partial charge in [-0.1, -0.05) is 40.9 Å². The fourth-order valence-corrected chi connectivity index (χ4v) is 2.34. The lowest BCUT2D eigenvalue weighted by atomic mass is 9.96. The van der Waals surface area contributed by atoms with E-state index >= 15 is 0 Å². The Morgan fingerprint density at radius 3 is 2.47 bits per heavy atom. The van der Waals surface area contributed by atoms with Crippen LogP contribution in [0, 0.1) is 0 Å². The molecule has 6 heteroatoms. The molecule has 0 bridgehead atoms. The minimum absolute atomic E-state index is 0.181. The minimum Gasteiger partial charge on any atom is -0.300 e. The van der Waals surface area contributed by atoms with Crippen molar-refractivity contribution < 1.29 is 0 Å². The van der Waals surface area contributed by atoms with Crippen LogP contribution >= 0.6 is 34.8 Å². The predicted molar refractivity (Wildman–Crippen MR) is 79.8 cm³/mol. The molecule has 0 fully saturated rings. The van der Waals surface area contributed by atoms with E-state index in [0.717, 1.165) is 11.3 Å². The molecule has 3 nitrogen and oxygen atoms in total. The smallest absolute Gasteiger partial charge is 0.151 e. The molecule has 0 aliphatic rings. The van der Waals surface area contributed by atoms with Gasteiger partial charge in [-0.2, -0.15) is 5.10 Å². The molecule has 0 N–H and O–H groups in total. The Morgan fingerprint density at radius 2 is 1.89 bits per heavy atom. The van der Waals surface area contributed by atoms with E-state index in [1.54, 1.807) is 37.5 Å². The summed E-state index contributed by atoms with van der Waals surface area (Å²) >= 11 is 17.9. The van der Waals surface area contributed by atoms with E-state index in [1.165, 1.54) is 0 Å². The molecule has 2 aromatic rings. The first-order valence-electron chi connectivity index (χ1n) is 5.48. The molecule has 0 amide bonds. The number of aliphatic imine (C=N–C) groups is 1. The zero-order valence-corrected chi connectivity index (χ0v) is 12.3. The molecule has 1 aromatic heterocycles. The van der Waals surface area contributed by atoms with E-state index in [0.29, 0.717) is 15.2 Å². The second kappa shape index (κ2) is 6.33. The van der Waals surface area contributed by atoms with Crippen LogP contribution in [0.4, 0.5) is 0 Å². The molecule has 1 atom stereocenters. The maximum absolute atomic E-state index is 6.22. The van der Waals surface area contributed by atoms with E-state index in [2.05, 4.69) is 15.2 Å². The van der Waals surface area contributed by atoms with Crippen LogP contribution in [0.1, 0.15) is 17.2 Å². The lowest BCUT2D eigenvalue weighted by Gasteiger charge is -2.13. The average molecular weight is 315 g/mol. The third-order valence-corrected chi connectivity index (χ3v) is 3.33. The van der Waals surface area contributed by atoms with Crippen molar-refractivity contribution in [1.82, 2.24) is 10.2 Å². The molecule has 1 aromatic carbocycles. The summed E-state index contributed by atoms with van der Waals surface area (Å²) in [4.78, 5) is 4.06. The summed E-state index contributed by atoms with van der Waals surface area (Å²) in [5.74, 6) is -0.181. The summed E-state index contributed by atoms with van der Waals surface area (Å²) in [6.07, 6.45) is 1.76. The van der Waals surface area contributed by atoms with Crippen LogP contribution in [0.15, 0.2) is 35.3 Å². The van der Waals surface area contributed by atoms with E-state index in [4.69, 9.17) is 34.8 Å². The first-order valence-corrected chi connectivity index (χ1v) is 6.61. The molecule has 2 rings (SSSR count). The van der Waals surface area contributed by atoms with Gasteiger partial charge in [-0.3, -0.25) is 4.99 Å². The second-order valence-electron chi connectivity index (χ2n) is 3.83. The highest BCUT2D eigenvalue weighted by molar-refractivity contribution is 6.35. The van der Waals surface area contributed by atoms with Crippen molar-refractivity contribution in [3.8, 4) is 0 Å². The highest BCUT2D eigenvalue weighted by atomic mass is 35.5. The summed E-state index contributed by atoms with van der Waals surface area (Å²) in [5, 5.41) is 9.41. The Hall–Kier alpha value is -1.16. The van der Waals surface area contributed by atoms with Crippen molar-refractivity contribution in [2.75, 3.05) is 7.05 Å². The van der Waals surface area contributed by atoms with Gasteiger partial charge in [0.05, 0.1) is 11.6 Å². The summed E-state index contributed by atoms with van der Waals surface area (Å²) in [6.45, 7) is 0. The Morgan fingerprint density at radius 1 is 1.11 bits per heavy atom. The van der Waals surface area contributed by atoms with Crippen molar-refractivity contribution in [2.45, 2.75) is 5.92 Å². The molecule has 0 saturated carbocycles. The quantitative estimate of drug-likeness (QED) is 0.794. The van der Waals surface area contributed by atoms with Crippen molar-refractivity contribution in [3.05, 3.63) is 56.8 Å². The molecule has 1 heterocycles. The maximum Gasteiger partial charge on any atom is 0.151 e. The summed E-state index contributed by atoms with van der Waals surface area (Å²) in [6, 6.07) is 8.81. The topological polar surface area (TPSA) is 38.1 Å². The van der Waals surface area contributed by atoms with Gasteiger partial charge in [0.1, 0.15) is 0 Å². The fraction of sp³-hybridized carbons (Fsp3) is 0.154. The van der Waals surface area contributed by atoms with Gasteiger partial charge in [0, 0.05) is 23.3 Å². The van der Waals surface area contributed by atoms with E-state index in [-0.39, 0.29) is 5.92 Å². The van der Waals surface area contributed by atoms with Crippen LogP contribution in [-0.2, 0) is 0 Å². The van der Waals surface area contributed by atoms with Crippen molar-refractivity contribution in [2.24, 2.45) is 4.99 Å². The summed E-state index contributed by atoms with van der Waals surface area (Å²) < 4.78 is 0. The molecule has 0 saturated heterocycles. The van der Waals surface area contributed by atoms with Crippen LogP contribution in [-0.4, -0.2) is 23.5 Å². The zero-order chi connectivity index (χ0) is 13.8. The molecule has 0 aliphatic carbocycles. The lowest BCUT2D eigenvalue weighted by molar-refractivity contribution is 0.907. The first-order chi connectivity index (χ1) is 9.11. The highest BCUT2D eigenvalue weighted by Gasteiger charge is 2.17. The molecule has 19 heavy (non-hydrogen) atoms. The fourth-order valence-electron chi connectivity index (χ4n) is 1.71. The number of benzene rings is 1. The van der Waals surface area contributed by atoms with Crippen LogP contribution in [0.3, 0.4) is 0 Å². The number of halogens is 3. The van der Waals surface area contributed by atoms with Gasteiger partial charge in [-0.05, 0) is 29.8 Å². The van der Waals surface area contributed by atoms with Gasteiger partial charge in [0.2, 0.25) is 0 Å². The summed E-state index contributed by atoms with van der Waals surface area (Å²) in [7, 11) is 1.69. The van der Waals surface area contributed by atoms with E-state index in [9.17, 15) is 0 Å². The number of hydrogen-bond donors (Lipinski definition) is 0. The van der Waals surface area contributed by atoms with Crippen LogP contribution in [0.2, 0.25) is 15.2 Å². The van der Waals surface area contributed by atoms with Gasteiger partial charge < -0.3 is 0 Å². The number of hydrogen-bond acceptors (Lipinski definition) is 3. The molecular formula is C13H10Cl3N3. The Bertz CT molecular complexity index is 597. The largest absolute Gasteiger partial charge is 0.300 e. The third-order valence-electron chi connectivity index (χ3n) is 2.57. The lowest BCUT2D eigenvalue weighted by Crippen LogP contribution is -2.07. The Labute approximate surface area is 126 Å². The maximum atomic E-state index is 6.22. The van der Waals surface area contributed by atoms with E-state index in [1.807, 2.05) is 6.07 Å². The van der Waals surface area contributed by atoms with Crippen molar-refractivity contribution in [1.29, 1.82) is 0 Å². The minimum atomic E-state index is -0.181. The molecule has 98 valence electrons. The molecule has 0 radical (unpaired) electrons. The Balaban J connectivity index is 2.48. The third kappa shape index (κ3) is 3.44. The van der Waals surface area contributed by atoms with Crippen LogP contribution in [0.25, 0.3) is 0 Å². The number of nitrogens with zero attached hydrogens (tertiary/aromatic N) is 3. The standard InChI is InChI=1S/C13H10Cl3N3/c1-17-7-10(12-4-5-13(16)19-18-12)9-3-2-8(14)6-11(9)15/h2-7,10H,1H3. The average Bonchev–Trinajstić information content (AvgIpc) is 2.38. The van der Waals surface area contributed by atoms with Crippen LogP contribution < -0.4 is 0 Å². The molecular weight excluding hydrogens is 305 g/mol. The molecule has 0 spiro atoms. The van der Waals surface area contributed by atoms with Gasteiger partial charge in [-0.15, -0.1) is 5.10 Å². The SMILES string of the molecule is CN=CC(c1ccc(Cl)nn1)c1ccc(Cl)cc1Cl. The van der Waals surface area contributed by atoms with Gasteiger partial charge in [0.15, 0.2) is 5.15 Å². The monoisotopic (exact) mass is 313 g/mol. The first kappa shape index (κ1) is 14.3. The number of rotatable bonds is 3. The van der Waals surface area contributed by atoms with Gasteiger partial charge in [-0.25, -0.2) is 0 Å².